The Balaban J connectivity index is 1.49. The van der Waals surface area contributed by atoms with Crippen molar-refractivity contribution in [3.05, 3.63) is 83.1 Å². The van der Waals surface area contributed by atoms with Crippen LogP contribution in [0.4, 0.5) is 0 Å². The molecule has 0 radical (unpaired) electrons. The molecule has 1 aliphatic heterocycles. The van der Waals surface area contributed by atoms with Gasteiger partial charge in [0.15, 0.2) is 0 Å². The average molecular weight is 481 g/mol. The van der Waals surface area contributed by atoms with Crippen molar-refractivity contribution >= 4 is 23.4 Å². The third-order valence-electron chi connectivity index (χ3n) is 6.20. The molecule has 2 heterocycles. The second kappa shape index (κ2) is 10.7. The number of carbonyl (C=O) groups excluding carboxylic acids is 2. The Hall–Kier alpha value is -3.32. The molecule has 1 saturated heterocycles. The molecule has 0 N–H and O–H groups in total. The molecule has 1 fully saturated rings. The molecule has 4 rings (SSSR count). The van der Waals surface area contributed by atoms with Crippen molar-refractivity contribution in [2.45, 2.75) is 25.5 Å². The summed E-state index contributed by atoms with van der Waals surface area (Å²) >= 11 is 6.14. The molecule has 0 aliphatic carbocycles. The average Bonchev–Trinajstić information content (AvgIpc) is 3.26. The molecule has 2 aromatic carbocycles. The second-order valence-electron chi connectivity index (χ2n) is 8.69. The van der Waals surface area contributed by atoms with Gasteiger partial charge >= 0.3 is 0 Å². The maximum atomic E-state index is 13.2. The van der Waals surface area contributed by atoms with E-state index in [-0.39, 0.29) is 30.3 Å². The van der Waals surface area contributed by atoms with E-state index in [0.29, 0.717) is 42.5 Å². The lowest BCUT2D eigenvalue weighted by Crippen LogP contribution is -2.49. The van der Waals surface area contributed by atoms with Gasteiger partial charge in [-0.3, -0.25) is 14.3 Å². The van der Waals surface area contributed by atoms with Gasteiger partial charge in [0.05, 0.1) is 0 Å². The van der Waals surface area contributed by atoms with Gasteiger partial charge in [-0.15, -0.1) is 0 Å². The van der Waals surface area contributed by atoms with Gasteiger partial charge < -0.3 is 14.5 Å². The quantitative estimate of drug-likeness (QED) is 0.512. The van der Waals surface area contributed by atoms with E-state index < -0.39 is 0 Å². The van der Waals surface area contributed by atoms with E-state index in [1.54, 1.807) is 45.9 Å². The van der Waals surface area contributed by atoms with Gasteiger partial charge in [-0.2, -0.15) is 5.10 Å². The fourth-order valence-electron chi connectivity index (χ4n) is 4.33. The summed E-state index contributed by atoms with van der Waals surface area (Å²) in [5, 5.41) is 4.71. The van der Waals surface area contributed by atoms with E-state index in [0.717, 1.165) is 5.56 Å². The predicted molar refractivity (Wildman–Crippen MR) is 131 cm³/mol. The number of hydrogen-bond donors (Lipinski definition) is 0. The minimum atomic E-state index is -0.205. The van der Waals surface area contributed by atoms with E-state index >= 15 is 0 Å². The largest absolute Gasteiger partial charge is 0.490 e. The molecule has 0 bridgehead atoms. The third kappa shape index (κ3) is 5.78. The molecule has 0 spiro atoms. The first-order chi connectivity index (χ1) is 16.4. The van der Waals surface area contributed by atoms with Crippen LogP contribution in [0.15, 0.2) is 66.9 Å². The van der Waals surface area contributed by atoms with Crippen LogP contribution < -0.4 is 4.74 Å². The van der Waals surface area contributed by atoms with Crippen molar-refractivity contribution in [1.29, 1.82) is 0 Å². The fourth-order valence-corrected chi connectivity index (χ4v) is 4.51. The molecule has 7 nitrogen and oxygen atoms in total. The normalized spacial score (nSPS) is 17.9. The molecule has 3 aromatic rings. The monoisotopic (exact) mass is 480 g/mol. The van der Waals surface area contributed by atoms with Crippen LogP contribution in [0.2, 0.25) is 5.02 Å². The summed E-state index contributed by atoms with van der Waals surface area (Å²) in [6.45, 7) is 1.50. The fraction of sp³-hybridized carbons (Fsp3) is 0.346. The minimum absolute atomic E-state index is 0.0170. The molecule has 1 aliphatic rings. The van der Waals surface area contributed by atoms with Gasteiger partial charge in [-0.05, 0) is 29.8 Å². The number of halogens is 1. The Kier molecular flexibility index (Phi) is 7.53. The zero-order valence-corrected chi connectivity index (χ0v) is 20.2. The van der Waals surface area contributed by atoms with E-state index in [1.165, 1.54) is 0 Å². The van der Waals surface area contributed by atoms with Crippen LogP contribution in [0, 0.1) is 5.92 Å². The zero-order valence-electron chi connectivity index (χ0n) is 19.4. The maximum Gasteiger partial charge on any atom is 0.272 e. The minimum Gasteiger partial charge on any atom is -0.490 e. The van der Waals surface area contributed by atoms with Crippen molar-refractivity contribution in [2.24, 2.45) is 13.0 Å². The first-order valence-electron chi connectivity index (χ1n) is 11.4. The highest BCUT2D eigenvalue weighted by Gasteiger charge is 2.36. The maximum absolute atomic E-state index is 13.2. The molecule has 34 heavy (non-hydrogen) atoms. The van der Waals surface area contributed by atoms with Crippen molar-refractivity contribution < 1.29 is 14.3 Å². The molecule has 0 saturated carbocycles. The number of ether oxygens (including phenoxy) is 1. The third-order valence-corrected chi connectivity index (χ3v) is 6.44. The zero-order chi connectivity index (χ0) is 24.1. The highest BCUT2D eigenvalue weighted by Crippen LogP contribution is 2.28. The number of aryl methyl sites for hydroxylation is 1. The van der Waals surface area contributed by atoms with Crippen LogP contribution in [0.3, 0.4) is 0 Å². The highest BCUT2D eigenvalue weighted by atomic mass is 35.5. The molecule has 2 atom stereocenters. The number of nitrogens with zero attached hydrogens (tertiary/aromatic N) is 4. The Morgan fingerprint density at radius 1 is 1.15 bits per heavy atom. The lowest BCUT2D eigenvalue weighted by Gasteiger charge is -2.38. The van der Waals surface area contributed by atoms with E-state index in [1.807, 2.05) is 49.5 Å². The number of rotatable bonds is 7. The molecule has 1 aromatic heterocycles. The summed E-state index contributed by atoms with van der Waals surface area (Å²) < 4.78 is 7.85. The molecular weight excluding hydrogens is 452 g/mol. The van der Waals surface area contributed by atoms with Crippen molar-refractivity contribution in [1.82, 2.24) is 19.6 Å². The number of piperidine rings is 1. The van der Waals surface area contributed by atoms with Crippen LogP contribution >= 0.6 is 11.6 Å². The lowest BCUT2D eigenvalue weighted by atomic mass is 9.90. The Morgan fingerprint density at radius 3 is 2.65 bits per heavy atom. The number of aromatic nitrogens is 2. The Morgan fingerprint density at radius 2 is 1.94 bits per heavy atom. The molecule has 178 valence electrons. The second-order valence-corrected chi connectivity index (χ2v) is 9.13. The highest BCUT2D eigenvalue weighted by molar-refractivity contribution is 6.30. The topological polar surface area (TPSA) is 67.7 Å². The number of likely N-dealkylation sites (tertiary alicyclic amines) is 1. The number of carbonyl (C=O) groups is 2. The SMILES string of the molecule is CN(Cc1ccccc1)C(=O)C[C@H]1CN(C(=O)c2ccnn2C)CC[C@@H]1Oc1cccc(Cl)c1. The van der Waals surface area contributed by atoms with Crippen LogP contribution in [0.5, 0.6) is 5.75 Å². The van der Waals surface area contributed by atoms with Gasteiger partial charge in [0.25, 0.3) is 5.91 Å². The van der Waals surface area contributed by atoms with E-state index in [2.05, 4.69) is 5.10 Å². The van der Waals surface area contributed by atoms with E-state index in [9.17, 15) is 9.59 Å². The number of benzene rings is 2. The molecule has 8 heteroatoms. The summed E-state index contributed by atoms with van der Waals surface area (Å²) in [6.07, 6.45) is 2.31. The summed E-state index contributed by atoms with van der Waals surface area (Å²) in [6, 6.07) is 18.9. The van der Waals surface area contributed by atoms with Crippen LogP contribution in [0.1, 0.15) is 28.9 Å². The standard InChI is InChI=1S/C26H29ClN4O3/c1-29(17-19-7-4-3-5-8-19)25(32)15-20-18-31(26(33)23-11-13-28-30(23)2)14-12-24(20)34-22-10-6-9-21(27)16-22/h3-11,13,16,20,24H,12,14-15,17-18H2,1-2H3/t20-,24-/m0/s1. The Bertz CT molecular complexity index is 1130. The van der Waals surface area contributed by atoms with Crippen molar-refractivity contribution in [2.75, 3.05) is 20.1 Å². The predicted octanol–water partition coefficient (Wildman–Crippen LogP) is 4.03. The smallest absolute Gasteiger partial charge is 0.272 e. The van der Waals surface area contributed by atoms with Crippen LogP contribution in [0.25, 0.3) is 0 Å². The van der Waals surface area contributed by atoms with Crippen molar-refractivity contribution in [3.8, 4) is 5.75 Å². The van der Waals surface area contributed by atoms with Gasteiger partial charge in [0.1, 0.15) is 17.5 Å². The summed E-state index contributed by atoms with van der Waals surface area (Å²) in [5.41, 5.74) is 1.60. The van der Waals surface area contributed by atoms with Gasteiger partial charge in [0, 0.05) is 63.7 Å². The van der Waals surface area contributed by atoms with Gasteiger partial charge in [0.2, 0.25) is 5.91 Å². The first kappa shape index (κ1) is 23.8. The summed E-state index contributed by atoms with van der Waals surface area (Å²) in [7, 11) is 3.56. The van der Waals surface area contributed by atoms with E-state index in [4.69, 9.17) is 16.3 Å². The van der Waals surface area contributed by atoms with Gasteiger partial charge in [-0.25, -0.2) is 0 Å². The number of amides is 2. The molecular formula is C26H29ClN4O3. The molecule has 0 unspecified atom stereocenters. The van der Waals surface area contributed by atoms with Crippen molar-refractivity contribution in [3.63, 3.8) is 0 Å². The van der Waals surface area contributed by atoms with Crippen LogP contribution in [-0.4, -0.2) is 57.6 Å². The molecule has 2 amide bonds. The van der Waals surface area contributed by atoms with Gasteiger partial charge in [-0.1, -0.05) is 48.0 Å². The Labute approximate surface area is 204 Å². The summed E-state index contributed by atoms with van der Waals surface area (Å²) in [5.74, 6) is 0.439. The number of hydrogen-bond acceptors (Lipinski definition) is 4. The first-order valence-corrected chi connectivity index (χ1v) is 11.8. The lowest BCUT2D eigenvalue weighted by molar-refractivity contribution is -0.133. The van der Waals surface area contributed by atoms with Crippen LogP contribution in [-0.2, 0) is 18.4 Å². The summed E-state index contributed by atoms with van der Waals surface area (Å²) in [4.78, 5) is 29.8.